The number of nitrogen functional groups attached to an aromatic ring is 1. The lowest BCUT2D eigenvalue weighted by Gasteiger charge is -2.04. The fraction of sp³-hybridized carbons (Fsp3) is 0.125. The van der Waals surface area contributed by atoms with Crippen LogP contribution in [0.5, 0.6) is 0 Å². The molecule has 0 aliphatic heterocycles. The van der Waals surface area contributed by atoms with E-state index in [1.54, 1.807) is 0 Å². The van der Waals surface area contributed by atoms with Gasteiger partial charge in [0.1, 0.15) is 5.82 Å². The van der Waals surface area contributed by atoms with Gasteiger partial charge in [0.2, 0.25) is 16.4 Å². The number of rotatable bonds is 4. The standard InChI is InChI=1S/C8H9N5O3S/c9-7-3-6(1-2-10-7)17(14,15)12-4-8-11-5-16-13-8/h1-3,5,12H,4H2,(H2,9,10). The predicted octanol–water partition coefficient (Wildman–Crippen LogP) is -0.475. The van der Waals surface area contributed by atoms with Gasteiger partial charge in [0.05, 0.1) is 11.4 Å². The van der Waals surface area contributed by atoms with Gasteiger partial charge in [-0.3, -0.25) is 0 Å². The molecule has 17 heavy (non-hydrogen) atoms. The molecule has 0 saturated heterocycles. The van der Waals surface area contributed by atoms with Crippen LogP contribution in [0.25, 0.3) is 0 Å². The van der Waals surface area contributed by atoms with E-state index in [9.17, 15) is 8.42 Å². The maximum atomic E-state index is 11.8. The minimum absolute atomic E-state index is 0.0356. The van der Waals surface area contributed by atoms with Crippen LogP contribution in [0, 0.1) is 0 Å². The monoisotopic (exact) mass is 255 g/mol. The average Bonchev–Trinajstić information content (AvgIpc) is 2.79. The Bertz CT molecular complexity index is 595. The van der Waals surface area contributed by atoms with Gasteiger partial charge in [-0.25, -0.2) is 18.1 Å². The highest BCUT2D eigenvalue weighted by Gasteiger charge is 2.15. The van der Waals surface area contributed by atoms with Crippen LogP contribution in [-0.4, -0.2) is 23.5 Å². The summed E-state index contributed by atoms with van der Waals surface area (Å²) in [4.78, 5) is 7.43. The summed E-state index contributed by atoms with van der Waals surface area (Å²) >= 11 is 0. The summed E-state index contributed by atoms with van der Waals surface area (Å²) in [6, 6.07) is 2.60. The number of aromatic nitrogens is 3. The first-order valence-corrected chi connectivity index (χ1v) is 6.03. The first kappa shape index (κ1) is 11.5. The van der Waals surface area contributed by atoms with Gasteiger partial charge in [-0.05, 0) is 6.07 Å². The van der Waals surface area contributed by atoms with Crippen LogP contribution in [0.1, 0.15) is 5.82 Å². The first-order chi connectivity index (χ1) is 8.08. The summed E-state index contributed by atoms with van der Waals surface area (Å²) in [5, 5.41) is 3.48. The molecule has 2 rings (SSSR count). The van der Waals surface area contributed by atoms with Crippen LogP contribution < -0.4 is 10.5 Å². The fourth-order valence-corrected chi connectivity index (χ4v) is 2.11. The maximum Gasteiger partial charge on any atom is 0.241 e. The van der Waals surface area contributed by atoms with Crippen molar-refractivity contribution in [3.63, 3.8) is 0 Å². The third-order valence-corrected chi connectivity index (χ3v) is 3.29. The average molecular weight is 255 g/mol. The van der Waals surface area contributed by atoms with Crippen molar-refractivity contribution >= 4 is 15.8 Å². The van der Waals surface area contributed by atoms with E-state index >= 15 is 0 Å². The van der Waals surface area contributed by atoms with Crippen molar-refractivity contribution in [3.05, 3.63) is 30.5 Å². The lowest BCUT2D eigenvalue weighted by molar-refractivity contribution is 0.409. The molecule has 0 bridgehead atoms. The van der Waals surface area contributed by atoms with Crippen molar-refractivity contribution in [2.24, 2.45) is 0 Å². The number of nitrogens with zero attached hydrogens (tertiary/aromatic N) is 3. The molecule has 0 radical (unpaired) electrons. The molecule has 0 fully saturated rings. The molecule has 8 nitrogen and oxygen atoms in total. The highest BCUT2D eigenvalue weighted by Crippen LogP contribution is 2.10. The molecule has 0 aliphatic rings. The summed E-state index contributed by atoms with van der Waals surface area (Å²) in [6.45, 7) is -0.0545. The van der Waals surface area contributed by atoms with E-state index in [-0.39, 0.29) is 23.1 Å². The molecule has 0 unspecified atom stereocenters. The molecule has 0 saturated carbocycles. The van der Waals surface area contributed by atoms with Gasteiger partial charge in [-0.2, -0.15) is 4.98 Å². The Labute approximate surface area is 96.9 Å². The van der Waals surface area contributed by atoms with E-state index in [4.69, 9.17) is 5.73 Å². The van der Waals surface area contributed by atoms with Crippen LogP contribution in [0.2, 0.25) is 0 Å². The van der Waals surface area contributed by atoms with Gasteiger partial charge >= 0.3 is 0 Å². The summed E-state index contributed by atoms with van der Waals surface area (Å²) in [7, 11) is -3.65. The largest absolute Gasteiger partial charge is 0.384 e. The fourth-order valence-electron chi connectivity index (χ4n) is 1.11. The zero-order chi connectivity index (χ0) is 12.3. The zero-order valence-electron chi connectivity index (χ0n) is 8.57. The minimum Gasteiger partial charge on any atom is -0.384 e. The number of nitrogens with two attached hydrogens (primary N) is 1. The molecule has 9 heteroatoms. The van der Waals surface area contributed by atoms with Crippen molar-refractivity contribution in [1.82, 2.24) is 19.8 Å². The molecule has 0 spiro atoms. The molecule has 2 heterocycles. The molecular formula is C8H9N5O3S. The Kier molecular flexibility index (Phi) is 3.02. The van der Waals surface area contributed by atoms with E-state index in [1.165, 1.54) is 18.3 Å². The van der Waals surface area contributed by atoms with E-state index in [0.717, 1.165) is 6.39 Å². The summed E-state index contributed by atoms with van der Waals surface area (Å²) in [6.07, 6.45) is 2.44. The SMILES string of the molecule is Nc1cc(S(=O)(=O)NCc2ncon2)ccn1. The van der Waals surface area contributed by atoms with Crippen LogP contribution in [0.3, 0.4) is 0 Å². The van der Waals surface area contributed by atoms with Crippen molar-refractivity contribution in [1.29, 1.82) is 0 Å². The topological polar surface area (TPSA) is 124 Å². The third-order valence-electron chi connectivity index (χ3n) is 1.89. The van der Waals surface area contributed by atoms with Gasteiger partial charge < -0.3 is 10.3 Å². The van der Waals surface area contributed by atoms with Gasteiger partial charge in [0, 0.05) is 12.3 Å². The number of hydrogen-bond donors (Lipinski definition) is 2. The summed E-state index contributed by atoms with van der Waals surface area (Å²) < 4.78 is 30.4. The molecule has 0 aliphatic carbocycles. The number of anilines is 1. The van der Waals surface area contributed by atoms with Gasteiger partial charge in [-0.15, -0.1) is 0 Å². The molecular weight excluding hydrogens is 246 g/mol. The molecule has 3 N–H and O–H groups in total. The minimum atomic E-state index is -3.65. The van der Waals surface area contributed by atoms with E-state index in [2.05, 4.69) is 24.4 Å². The summed E-state index contributed by atoms with van der Waals surface area (Å²) in [5.74, 6) is 0.378. The van der Waals surface area contributed by atoms with Crippen LogP contribution in [0.15, 0.2) is 34.1 Å². The van der Waals surface area contributed by atoms with Crippen LogP contribution >= 0.6 is 0 Å². The van der Waals surface area contributed by atoms with Crippen molar-refractivity contribution in [2.75, 3.05) is 5.73 Å². The Morgan fingerprint density at radius 3 is 2.88 bits per heavy atom. The van der Waals surface area contributed by atoms with Gasteiger partial charge in [0.15, 0.2) is 5.82 Å². The Morgan fingerprint density at radius 2 is 2.24 bits per heavy atom. The van der Waals surface area contributed by atoms with E-state index in [0.29, 0.717) is 0 Å². The highest BCUT2D eigenvalue weighted by atomic mass is 32.2. The van der Waals surface area contributed by atoms with Crippen molar-refractivity contribution in [2.45, 2.75) is 11.4 Å². The highest BCUT2D eigenvalue weighted by molar-refractivity contribution is 7.89. The Hall–Kier alpha value is -2.00. The third kappa shape index (κ3) is 2.77. The molecule has 2 aromatic heterocycles. The number of hydrogen-bond acceptors (Lipinski definition) is 7. The maximum absolute atomic E-state index is 11.8. The van der Waals surface area contributed by atoms with Crippen LogP contribution in [0.4, 0.5) is 5.82 Å². The molecule has 0 aromatic carbocycles. The molecule has 90 valence electrons. The second-order valence-corrected chi connectivity index (χ2v) is 4.86. The van der Waals surface area contributed by atoms with E-state index < -0.39 is 10.0 Å². The zero-order valence-corrected chi connectivity index (χ0v) is 9.38. The van der Waals surface area contributed by atoms with Crippen molar-refractivity contribution in [3.8, 4) is 0 Å². The first-order valence-electron chi connectivity index (χ1n) is 4.54. The van der Waals surface area contributed by atoms with Crippen LogP contribution in [-0.2, 0) is 16.6 Å². The lowest BCUT2D eigenvalue weighted by Crippen LogP contribution is -2.24. The smallest absolute Gasteiger partial charge is 0.241 e. The Balaban J connectivity index is 2.14. The predicted molar refractivity (Wildman–Crippen MR) is 57.0 cm³/mol. The van der Waals surface area contributed by atoms with Crippen molar-refractivity contribution < 1.29 is 12.9 Å². The number of pyridine rings is 1. The molecule has 0 atom stereocenters. The normalized spacial score (nSPS) is 11.5. The number of nitrogens with one attached hydrogen (secondary N) is 1. The second kappa shape index (κ2) is 4.47. The lowest BCUT2D eigenvalue weighted by atomic mass is 10.5. The number of sulfonamides is 1. The Morgan fingerprint density at radius 1 is 1.41 bits per heavy atom. The second-order valence-electron chi connectivity index (χ2n) is 3.09. The molecule has 0 amide bonds. The van der Waals surface area contributed by atoms with Gasteiger partial charge in [-0.1, -0.05) is 5.16 Å². The summed E-state index contributed by atoms with van der Waals surface area (Å²) in [5.41, 5.74) is 5.40. The molecule has 2 aromatic rings. The van der Waals surface area contributed by atoms with Gasteiger partial charge in [0.25, 0.3) is 0 Å². The quantitative estimate of drug-likeness (QED) is 0.756. The van der Waals surface area contributed by atoms with E-state index in [1.807, 2.05) is 0 Å².